The number of nitrogens with zero attached hydrogens (tertiary/aromatic N) is 1. The maximum absolute atomic E-state index is 13.4. The number of hydrogen-bond donors (Lipinski definition) is 1. The van der Waals surface area contributed by atoms with Gasteiger partial charge in [0.25, 0.3) is 0 Å². The van der Waals surface area contributed by atoms with Crippen molar-refractivity contribution in [2.45, 2.75) is 0 Å². The topological polar surface area (TPSA) is 52.0 Å². The number of aromatic nitrogens is 1. The molecule has 0 saturated carbocycles. The van der Waals surface area contributed by atoms with Crippen LogP contribution in [0.5, 0.6) is 0 Å². The standard InChI is InChI=1S/C9H5ClF2N2O/c10-5-2-6(11)4(1-7(5)12)8-3-9(13)15-14-8/h1-3H,13H2. The highest BCUT2D eigenvalue weighted by Crippen LogP contribution is 2.27. The summed E-state index contributed by atoms with van der Waals surface area (Å²) in [5, 5.41) is 3.18. The van der Waals surface area contributed by atoms with Crippen molar-refractivity contribution in [2.24, 2.45) is 0 Å². The predicted molar refractivity (Wildman–Crippen MR) is 51.3 cm³/mol. The molecule has 0 radical (unpaired) electrons. The van der Waals surface area contributed by atoms with E-state index in [1.54, 1.807) is 0 Å². The van der Waals surface area contributed by atoms with E-state index in [2.05, 4.69) is 9.68 Å². The molecule has 0 aliphatic rings. The summed E-state index contributed by atoms with van der Waals surface area (Å²) in [4.78, 5) is 0. The Balaban J connectivity index is 2.58. The van der Waals surface area contributed by atoms with Gasteiger partial charge in [-0.05, 0) is 12.1 Å². The molecular formula is C9H5ClF2N2O. The monoisotopic (exact) mass is 230 g/mol. The Morgan fingerprint density at radius 2 is 1.93 bits per heavy atom. The number of anilines is 1. The molecule has 78 valence electrons. The SMILES string of the molecule is Nc1cc(-c2cc(F)c(Cl)cc2F)no1. The van der Waals surface area contributed by atoms with Crippen molar-refractivity contribution in [3.63, 3.8) is 0 Å². The number of nitrogens with two attached hydrogens (primary N) is 1. The molecule has 6 heteroatoms. The van der Waals surface area contributed by atoms with Crippen molar-refractivity contribution in [3.05, 3.63) is 34.9 Å². The lowest BCUT2D eigenvalue weighted by molar-refractivity contribution is 0.438. The lowest BCUT2D eigenvalue weighted by atomic mass is 10.1. The van der Waals surface area contributed by atoms with Gasteiger partial charge in [-0.2, -0.15) is 0 Å². The van der Waals surface area contributed by atoms with Gasteiger partial charge in [0.1, 0.15) is 17.3 Å². The van der Waals surface area contributed by atoms with Gasteiger partial charge in [-0.1, -0.05) is 16.8 Å². The molecule has 0 fully saturated rings. The van der Waals surface area contributed by atoms with Crippen LogP contribution in [0, 0.1) is 11.6 Å². The van der Waals surface area contributed by atoms with Crippen LogP contribution in [0.2, 0.25) is 5.02 Å². The molecule has 2 rings (SSSR count). The van der Waals surface area contributed by atoms with Gasteiger partial charge in [-0.3, -0.25) is 0 Å². The quantitative estimate of drug-likeness (QED) is 0.767. The van der Waals surface area contributed by atoms with Crippen molar-refractivity contribution in [1.82, 2.24) is 5.16 Å². The Hall–Kier alpha value is -1.62. The van der Waals surface area contributed by atoms with Crippen LogP contribution in [0.15, 0.2) is 22.7 Å². The highest BCUT2D eigenvalue weighted by molar-refractivity contribution is 6.30. The molecule has 0 aliphatic heterocycles. The molecule has 1 aromatic carbocycles. The van der Waals surface area contributed by atoms with Crippen LogP contribution in [0.25, 0.3) is 11.3 Å². The summed E-state index contributed by atoms with van der Waals surface area (Å²) in [5.41, 5.74) is 5.34. The number of halogens is 3. The predicted octanol–water partition coefficient (Wildman–Crippen LogP) is 2.86. The Labute approximate surface area is 88.4 Å². The van der Waals surface area contributed by atoms with Gasteiger partial charge in [0.15, 0.2) is 0 Å². The molecule has 1 aromatic heterocycles. The lowest BCUT2D eigenvalue weighted by Gasteiger charge is -2.00. The zero-order chi connectivity index (χ0) is 11.0. The lowest BCUT2D eigenvalue weighted by Crippen LogP contribution is -1.88. The smallest absolute Gasteiger partial charge is 0.222 e. The fraction of sp³-hybridized carbons (Fsp3) is 0. The van der Waals surface area contributed by atoms with Crippen LogP contribution in [0.1, 0.15) is 0 Å². The van der Waals surface area contributed by atoms with E-state index < -0.39 is 11.6 Å². The number of rotatable bonds is 1. The molecule has 0 aliphatic carbocycles. The largest absolute Gasteiger partial charge is 0.368 e. The third kappa shape index (κ3) is 1.78. The second-order valence-electron chi connectivity index (χ2n) is 2.86. The molecule has 0 bridgehead atoms. The first-order valence-corrected chi connectivity index (χ1v) is 4.33. The van der Waals surface area contributed by atoms with E-state index in [4.69, 9.17) is 17.3 Å². The Kier molecular flexibility index (Phi) is 2.32. The van der Waals surface area contributed by atoms with E-state index in [1.807, 2.05) is 0 Å². The minimum Gasteiger partial charge on any atom is -0.368 e. The summed E-state index contributed by atoms with van der Waals surface area (Å²) in [7, 11) is 0. The van der Waals surface area contributed by atoms with Crippen LogP contribution in [0.3, 0.4) is 0 Å². The molecule has 15 heavy (non-hydrogen) atoms. The van der Waals surface area contributed by atoms with Crippen LogP contribution in [0.4, 0.5) is 14.7 Å². The molecule has 0 atom stereocenters. The Morgan fingerprint density at radius 3 is 2.53 bits per heavy atom. The van der Waals surface area contributed by atoms with Crippen molar-refractivity contribution < 1.29 is 13.3 Å². The molecule has 0 amide bonds. The van der Waals surface area contributed by atoms with Crippen LogP contribution in [-0.2, 0) is 0 Å². The number of nitrogen functional groups attached to an aromatic ring is 1. The fourth-order valence-corrected chi connectivity index (χ4v) is 1.29. The van der Waals surface area contributed by atoms with E-state index in [0.29, 0.717) is 0 Å². The van der Waals surface area contributed by atoms with Gasteiger partial charge >= 0.3 is 0 Å². The fourth-order valence-electron chi connectivity index (χ4n) is 1.14. The third-order valence-electron chi connectivity index (χ3n) is 1.81. The van der Waals surface area contributed by atoms with Crippen molar-refractivity contribution in [1.29, 1.82) is 0 Å². The average molecular weight is 231 g/mol. The van der Waals surface area contributed by atoms with E-state index in [0.717, 1.165) is 12.1 Å². The molecule has 2 aromatic rings. The van der Waals surface area contributed by atoms with Crippen molar-refractivity contribution >= 4 is 17.5 Å². The second kappa shape index (κ2) is 3.51. The summed E-state index contributed by atoms with van der Waals surface area (Å²) < 4.78 is 31.0. The summed E-state index contributed by atoms with van der Waals surface area (Å²) in [6, 6.07) is 3.11. The van der Waals surface area contributed by atoms with Crippen LogP contribution < -0.4 is 5.73 Å². The molecule has 1 heterocycles. The molecule has 0 saturated heterocycles. The van der Waals surface area contributed by atoms with Gasteiger partial charge in [0.05, 0.1) is 5.02 Å². The average Bonchev–Trinajstić information content (AvgIpc) is 2.58. The first-order chi connectivity index (χ1) is 7.08. The second-order valence-corrected chi connectivity index (χ2v) is 3.27. The van der Waals surface area contributed by atoms with E-state index in [9.17, 15) is 8.78 Å². The van der Waals surface area contributed by atoms with Crippen LogP contribution >= 0.6 is 11.6 Å². The molecule has 0 unspecified atom stereocenters. The van der Waals surface area contributed by atoms with Crippen molar-refractivity contribution in [2.75, 3.05) is 5.73 Å². The number of hydrogen-bond acceptors (Lipinski definition) is 3. The zero-order valence-corrected chi connectivity index (χ0v) is 8.05. The van der Waals surface area contributed by atoms with Gasteiger partial charge in [-0.25, -0.2) is 8.78 Å². The molecule has 0 spiro atoms. The minimum atomic E-state index is -0.727. The highest BCUT2D eigenvalue weighted by Gasteiger charge is 2.13. The third-order valence-corrected chi connectivity index (χ3v) is 2.10. The highest BCUT2D eigenvalue weighted by atomic mass is 35.5. The van der Waals surface area contributed by atoms with Crippen molar-refractivity contribution in [3.8, 4) is 11.3 Å². The Morgan fingerprint density at radius 1 is 1.20 bits per heavy atom. The van der Waals surface area contributed by atoms with Gasteiger partial charge in [0, 0.05) is 11.6 Å². The first-order valence-electron chi connectivity index (χ1n) is 3.95. The summed E-state index contributed by atoms with van der Waals surface area (Å²) in [6.45, 7) is 0. The summed E-state index contributed by atoms with van der Waals surface area (Å²) in [5.74, 6) is -1.39. The van der Waals surface area contributed by atoms with Gasteiger partial charge in [-0.15, -0.1) is 0 Å². The molecule has 2 N–H and O–H groups in total. The van der Waals surface area contributed by atoms with Crippen LogP contribution in [-0.4, -0.2) is 5.16 Å². The summed E-state index contributed by atoms with van der Waals surface area (Å²) in [6.07, 6.45) is 0. The molecular weight excluding hydrogens is 226 g/mol. The molecule has 3 nitrogen and oxygen atoms in total. The normalized spacial score (nSPS) is 10.6. The van der Waals surface area contributed by atoms with Gasteiger partial charge < -0.3 is 10.3 Å². The number of benzene rings is 1. The van der Waals surface area contributed by atoms with E-state index in [1.165, 1.54) is 6.07 Å². The van der Waals surface area contributed by atoms with E-state index in [-0.39, 0.29) is 22.2 Å². The summed E-state index contributed by atoms with van der Waals surface area (Å²) >= 11 is 5.40. The van der Waals surface area contributed by atoms with Gasteiger partial charge in [0.2, 0.25) is 5.88 Å². The first kappa shape index (κ1) is 9.92. The minimum absolute atomic E-state index is 0.0276. The maximum atomic E-state index is 13.4. The van der Waals surface area contributed by atoms with E-state index >= 15 is 0 Å². The zero-order valence-electron chi connectivity index (χ0n) is 7.30. The Bertz CT molecular complexity index is 513. The maximum Gasteiger partial charge on any atom is 0.222 e.